The van der Waals surface area contributed by atoms with Gasteiger partial charge in [-0.1, -0.05) is 0 Å². The first-order valence-corrected chi connectivity index (χ1v) is 11.0. The van der Waals surface area contributed by atoms with Crippen molar-refractivity contribution >= 4 is 11.9 Å². The molecule has 4 rings (SSSR count). The van der Waals surface area contributed by atoms with Crippen LogP contribution < -0.4 is 24.3 Å². The number of benzene rings is 2. The Labute approximate surface area is 203 Å². The number of carbonyl (C=O) groups excluding carboxylic acids is 1. The lowest BCUT2D eigenvalue weighted by Crippen LogP contribution is -2.29. The number of methoxy groups -OCH3 is 4. The van der Waals surface area contributed by atoms with Gasteiger partial charge in [0.15, 0.2) is 17.3 Å². The van der Waals surface area contributed by atoms with Gasteiger partial charge in [-0.25, -0.2) is 9.48 Å². The van der Waals surface area contributed by atoms with E-state index < -0.39 is 12.0 Å². The van der Waals surface area contributed by atoms with Gasteiger partial charge in [-0.15, -0.1) is 5.10 Å². The molecule has 3 aromatic rings. The van der Waals surface area contributed by atoms with Crippen LogP contribution in [0, 0.1) is 0 Å². The van der Waals surface area contributed by atoms with Crippen LogP contribution in [0.3, 0.4) is 0 Å². The van der Waals surface area contributed by atoms with Gasteiger partial charge in [0, 0.05) is 11.3 Å². The van der Waals surface area contributed by atoms with E-state index in [0.717, 1.165) is 11.3 Å². The van der Waals surface area contributed by atoms with Crippen molar-refractivity contribution in [2.24, 2.45) is 0 Å². The first kappa shape index (κ1) is 23.9. The summed E-state index contributed by atoms with van der Waals surface area (Å²) in [6.07, 6.45) is 0. The zero-order chi connectivity index (χ0) is 25.1. The fraction of sp³-hybridized carbons (Fsp3) is 0.320. The van der Waals surface area contributed by atoms with Gasteiger partial charge in [-0.05, 0) is 55.8 Å². The third-order valence-corrected chi connectivity index (χ3v) is 5.70. The molecule has 1 N–H and O–H groups in total. The summed E-state index contributed by atoms with van der Waals surface area (Å²) < 4.78 is 28.9. The average Bonchev–Trinajstić information content (AvgIpc) is 3.30. The van der Waals surface area contributed by atoms with Crippen LogP contribution in [0.15, 0.2) is 47.7 Å². The third-order valence-electron chi connectivity index (χ3n) is 5.70. The van der Waals surface area contributed by atoms with Gasteiger partial charge in [0.05, 0.1) is 40.6 Å². The van der Waals surface area contributed by atoms with Gasteiger partial charge < -0.3 is 29.0 Å². The zero-order valence-electron chi connectivity index (χ0n) is 20.5. The van der Waals surface area contributed by atoms with Crippen molar-refractivity contribution < 1.29 is 28.5 Å². The summed E-state index contributed by atoms with van der Waals surface area (Å²) in [5, 5.41) is 7.96. The van der Waals surface area contributed by atoms with E-state index in [2.05, 4.69) is 10.3 Å². The van der Waals surface area contributed by atoms with E-state index in [1.54, 1.807) is 45.1 Å². The number of aromatic nitrogens is 3. The summed E-state index contributed by atoms with van der Waals surface area (Å²) in [5.41, 5.74) is 2.51. The highest BCUT2D eigenvalue weighted by Gasteiger charge is 2.36. The molecule has 0 saturated heterocycles. The van der Waals surface area contributed by atoms with Crippen LogP contribution in [-0.2, 0) is 9.53 Å². The SMILES string of the molecule is CCOC(=O)C1=C(C)Nc2nc(-c3ccc(OC)cc3)nn2C1c1cc(OC)c(OC)c(OC)c1. The van der Waals surface area contributed by atoms with Crippen molar-refractivity contribution in [3.63, 3.8) is 0 Å². The van der Waals surface area contributed by atoms with E-state index in [0.29, 0.717) is 45.9 Å². The molecule has 10 heteroatoms. The quantitative estimate of drug-likeness (QED) is 0.482. The smallest absolute Gasteiger partial charge is 0.338 e. The van der Waals surface area contributed by atoms with Crippen LogP contribution in [-0.4, -0.2) is 55.8 Å². The lowest BCUT2D eigenvalue weighted by atomic mass is 9.95. The molecular formula is C25H28N4O6. The zero-order valence-corrected chi connectivity index (χ0v) is 20.5. The normalized spacial score (nSPS) is 14.6. The molecule has 1 aliphatic rings. The topological polar surface area (TPSA) is 106 Å². The molecule has 1 aliphatic heterocycles. The molecule has 2 aromatic carbocycles. The molecule has 0 radical (unpaired) electrons. The molecule has 1 aromatic heterocycles. The number of nitrogens with zero attached hydrogens (tertiary/aromatic N) is 3. The minimum absolute atomic E-state index is 0.235. The standard InChI is InChI=1S/C25H28N4O6/c1-7-35-24(30)20-14(2)26-25-27-23(15-8-10-17(31-3)11-9-15)28-29(25)21(20)16-12-18(32-4)22(34-6)19(13-16)33-5/h8-13,21H,7H2,1-6H3,(H,26,27,28). The summed E-state index contributed by atoms with van der Waals surface area (Å²) in [6, 6.07) is 10.4. The van der Waals surface area contributed by atoms with Crippen molar-refractivity contribution in [2.45, 2.75) is 19.9 Å². The Morgan fingerprint density at radius 1 is 1.00 bits per heavy atom. The molecule has 0 fully saturated rings. The van der Waals surface area contributed by atoms with E-state index in [1.807, 2.05) is 31.2 Å². The van der Waals surface area contributed by atoms with E-state index in [9.17, 15) is 4.79 Å². The Bertz CT molecular complexity index is 1240. The maximum Gasteiger partial charge on any atom is 0.338 e. The number of anilines is 1. The van der Waals surface area contributed by atoms with Crippen molar-refractivity contribution in [2.75, 3.05) is 40.4 Å². The highest BCUT2D eigenvalue weighted by molar-refractivity contribution is 5.92. The summed E-state index contributed by atoms with van der Waals surface area (Å²) >= 11 is 0. The van der Waals surface area contributed by atoms with Gasteiger partial charge in [-0.3, -0.25) is 0 Å². The number of carbonyl (C=O) groups is 1. The number of hydrogen-bond donors (Lipinski definition) is 1. The maximum atomic E-state index is 13.1. The molecule has 184 valence electrons. The summed E-state index contributed by atoms with van der Waals surface area (Å²) in [7, 11) is 6.23. The first-order chi connectivity index (χ1) is 16.9. The Morgan fingerprint density at radius 2 is 1.66 bits per heavy atom. The molecule has 0 aliphatic carbocycles. The van der Waals surface area contributed by atoms with Crippen LogP contribution in [0.25, 0.3) is 11.4 Å². The van der Waals surface area contributed by atoms with Crippen LogP contribution in [0.2, 0.25) is 0 Å². The molecule has 0 amide bonds. The van der Waals surface area contributed by atoms with Gasteiger partial charge in [0.25, 0.3) is 0 Å². The average molecular weight is 481 g/mol. The molecular weight excluding hydrogens is 452 g/mol. The second-order valence-electron chi connectivity index (χ2n) is 7.68. The number of hydrogen-bond acceptors (Lipinski definition) is 9. The van der Waals surface area contributed by atoms with Gasteiger partial charge in [0.2, 0.25) is 11.7 Å². The molecule has 1 atom stereocenters. The molecule has 1 unspecified atom stereocenters. The van der Waals surface area contributed by atoms with Crippen LogP contribution in [0.4, 0.5) is 5.95 Å². The van der Waals surface area contributed by atoms with E-state index >= 15 is 0 Å². The maximum absolute atomic E-state index is 13.1. The van der Waals surface area contributed by atoms with Crippen molar-refractivity contribution in [3.05, 3.63) is 53.2 Å². The minimum atomic E-state index is -0.654. The van der Waals surface area contributed by atoms with E-state index in [1.165, 1.54) is 7.11 Å². The molecule has 0 spiro atoms. The van der Waals surface area contributed by atoms with Crippen molar-refractivity contribution in [1.82, 2.24) is 14.8 Å². The highest BCUT2D eigenvalue weighted by Crippen LogP contribution is 2.44. The Kier molecular flexibility index (Phi) is 6.81. The lowest BCUT2D eigenvalue weighted by Gasteiger charge is -2.28. The molecule has 0 saturated carbocycles. The highest BCUT2D eigenvalue weighted by atomic mass is 16.5. The van der Waals surface area contributed by atoms with Gasteiger partial charge >= 0.3 is 5.97 Å². The van der Waals surface area contributed by atoms with Gasteiger partial charge in [-0.2, -0.15) is 4.98 Å². The number of nitrogens with one attached hydrogen (secondary N) is 1. The van der Waals surface area contributed by atoms with Crippen molar-refractivity contribution in [1.29, 1.82) is 0 Å². The van der Waals surface area contributed by atoms with Crippen LogP contribution in [0.1, 0.15) is 25.5 Å². The molecule has 0 bridgehead atoms. The van der Waals surface area contributed by atoms with Crippen LogP contribution >= 0.6 is 0 Å². The Morgan fingerprint density at radius 3 is 2.20 bits per heavy atom. The minimum Gasteiger partial charge on any atom is -0.497 e. The second kappa shape index (κ2) is 9.96. The number of fused-ring (bicyclic) bond motifs is 1. The number of ether oxygens (including phenoxy) is 5. The predicted octanol–water partition coefficient (Wildman–Crippen LogP) is 3.83. The monoisotopic (exact) mass is 480 g/mol. The molecule has 10 nitrogen and oxygen atoms in total. The summed E-state index contributed by atoms with van der Waals surface area (Å²) in [5.74, 6) is 2.61. The fourth-order valence-corrected chi connectivity index (χ4v) is 4.05. The summed E-state index contributed by atoms with van der Waals surface area (Å²) in [4.78, 5) is 17.8. The third kappa shape index (κ3) is 4.34. The van der Waals surface area contributed by atoms with Crippen molar-refractivity contribution in [3.8, 4) is 34.4 Å². The fourth-order valence-electron chi connectivity index (χ4n) is 4.05. The Balaban J connectivity index is 1.90. The largest absolute Gasteiger partial charge is 0.497 e. The Hall–Kier alpha value is -4.21. The number of rotatable bonds is 8. The number of esters is 1. The van der Waals surface area contributed by atoms with Gasteiger partial charge in [0.1, 0.15) is 11.8 Å². The van der Waals surface area contributed by atoms with Crippen LogP contribution in [0.5, 0.6) is 23.0 Å². The van der Waals surface area contributed by atoms with E-state index in [-0.39, 0.29) is 6.61 Å². The molecule has 2 heterocycles. The first-order valence-electron chi connectivity index (χ1n) is 11.0. The van der Waals surface area contributed by atoms with E-state index in [4.69, 9.17) is 28.8 Å². The summed E-state index contributed by atoms with van der Waals surface area (Å²) in [6.45, 7) is 3.81. The second-order valence-corrected chi connectivity index (χ2v) is 7.68. The number of allylic oxidation sites excluding steroid dienone is 1. The predicted molar refractivity (Wildman–Crippen MR) is 129 cm³/mol. The molecule has 35 heavy (non-hydrogen) atoms. The lowest BCUT2D eigenvalue weighted by molar-refractivity contribution is -0.139.